The lowest BCUT2D eigenvalue weighted by Gasteiger charge is -2.19. The molecule has 0 radical (unpaired) electrons. The molecule has 0 bridgehead atoms. The van der Waals surface area contributed by atoms with Gasteiger partial charge >= 0.3 is 0 Å². The summed E-state index contributed by atoms with van der Waals surface area (Å²) in [7, 11) is -3.63. The highest BCUT2D eigenvalue weighted by atomic mass is 32.2. The quantitative estimate of drug-likeness (QED) is 0.726. The summed E-state index contributed by atoms with van der Waals surface area (Å²) in [4.78, 5) is 4.42. The number of hydrogen-bond donors (Lipinski definition) is 0. The first kappa shape index (κ1) is 14.8. The fourth-order valence-corrected chi connectivity index (χ4v) is 3.66. The molecular weight excluding hydrogens is 296 g/mol. The van der Waals surface area contributed by atoms with Crippen LogP contribution in [0.25, 0.3) is 11.0 Å². The minimum atomic E-state index is -3.63. The van der Waals surface area contributed by atoms with Crippen molar-refractivity contribution in [3.8, 4) is 0 Å². The largest absolute Gasteiger partial charge is 0.269 e. The fourth-order valence-electron chi connectivity index (χ4n) is 2.37. The molecule has 3 aromatic rings. The van der Waals surface area contributed by atoms with Crippen LogP contribution in [0.5, 0.6) is 0 Å². The minimum absolute atomic E-state index is 0.00993. The third-order valence-electron chi connectivity index (χ3n) is 3.70. The van der Waals surface area contributed by atoms with Crippen LogP contribution < -0.4 is 0 Å². The number of nitrogens with zero attached hydrogens (tertiary/aromatic N) is 2. The van der Waals surface area contributed by atoms with Gasteiger partial charge in [-0.05, 0) is 35.2 Å². The average Bonchev–Trinajstić information content (AvgIpc) is 2.91. The Labute approximate surface area is 130 Å². The molecular formula is C17H18N2O2S. The van der Waals surface area contributed by atoms with E-state index in [1.54, 1.807) is 30.3 Å². The van der Waals surface area contributed by atoms with Crippen LogP contribution in [-0.4, -0.2) is 17.4 Å². The normalized spacial score (nSPS) is 12.7. The fraction of sp³-hybridized carbons (Fsp3) is 0.235. The van der Waals surface area contributed by atoms with Gasteiger partial charge in [0.05, 0.1) is 15.9 Å². The maximum atomic E-state index is 12.8. The van der Waals surface area contributed by atoms with E-state index in [0.717, 1.165) is 5.56 Å². The van der Waals surface area contributed by atoms with E-state index in [0.29, 0.717) is 11.0 Å². The summed E-state index contributed by atoms with van der Waals surface area (Å²) in [6, 6.07) is 14.2. The van der Waals surface area contributed by atoms with Gasteiger partial charge in [0, 0.05) is 0 Å². The van der Waals surface area contributed by atoms with Crippen LogP contribution in [0.3, 0.4) is 0 Å². The van der Waals surface area contributed by atoms with Crippen LogP contribution in [-0.2, 0) is 15.4 Å². The van der Waals surface area contributed by atoms with E-state index >= 15 is 0 Å². The van der Waals surface area contributed by atoms with E-state index in [2.05, 4.69) is 25.8 Å². The van der Waals surface area contributed by atoms with Crippen molar-refractivity contribution in [2.45, 2.75) is 31.1 Å². The van der Waals surface area contributed by atoms with Gasteiger partial charge < -0.3 is 0 Å². The number of para-hydroxylation sites is 2. The van der Waals surface area contributed by atoms with Crippen LogP contribution in [0.15, 0.2) is 59.8 Å². The molecule has 114 valence electrons. The molecule has 2 aromatic carbocycles. The second kappa shape index (κ2) is 4.95. The summed E-state index contributed by atoms with van der Waals surface area (Å²) in [6.45, 7) is 6.29. The van der Waals surface area contributed by atoms with Gasteiger partial charge in [0.15, 0.2) is 0 Å². The van der Waals surface area contributed by atoms with Gasteiger partial charge in [-0.25, -0.2) is 17.4 Å². The van der Waals surface area contributed by atoms with Crippen molar-refractivity contribution in [1.29, 1.82) is 0 Å². The molecule has 22 heavy (non-hydrogen) atoms. The molecule has 3 rings (SSSR count). The Balaban J connectivity index is 2.10. The summed E-state index contributed by atoms with van der Waals surface area (Å²) < 4.78 is 26.8. The second-order valence-electron chi connectivity index (χ2n) is 6.31. The molecule has 5 heteroatoms. The number of fused-ring (bicyclic) bond motifs is 1. The van der Waals surface area contributed by atoms with Crippen LogP contribution in [0.1, 0.15) is 26.3 Å². The lowest BCUT2D eigenvalue weighted by Crippen LogP contribution is -2.14. The molecule has 0 saturated carbocycles. The summed E-state index contributed by atoms with van der Waals surface area (Å²) in [5, 5.41) is 0. The van der Waals surface area contributed by atoms with Crippen molar-refractivity contribution >= 4 is 21.1 Å². The molecule has 0 aliphatic rings. The number of imidazole rings is 1. The third kappa shape index (κ3) is 2.41. The summed E-state index contributed by atoms with van der Waals surface area (Å²) in [5.74, 6) is 0. The minimum Gasteiger partial charge on any atom is -0.236 e. The molecule has 0 spiro atoms. The van der Waals surface area contributed by atoms with Crippen molar-refractivity contribution in [2.24, 2.45) is 0 Å². The zero-order valence-electron chi connectivity index (χ0n) is 12.8. The molecule has 0 fully saturated rings. The summed E-state index contributed by atoms with van der Waals surface area (Å²) in [6.07, 6.45) is 1.36. The predicted octanol–water partition coefficient (Wildman–Crippen LogP) is 3.57. The van der Waals surface area contributed by atoms with E-state index in [1.807, 2.05) is 18.2 Å². The molecule has 0 atom stereocenters. The topological polar surface area (TPSA) is 52.0 Å². The van der Waals surface area contributed by atoms with E-state index in [4.69, 9.17) is 0 Å². The maximum Gasteiger partial charge on any atom is 0.269 e. The van der Waals surface area contributed by atoms with Crippen LogP contribution in [0.4, 0.5) is 0 Å². The van der Waals surface area contributed by atoms with Crippen LogP contribution in [0, 0.1) is 0 Å². The number of hydrogen-bond acceptors (Lipinski definition) is 3. The summed E-state index contributed by atoms with van der Waals surface area (Å²) >= 11 is 0. The van der Waals surface area contributed by atoms with Gasteiger partial charge in [0.2, 0.25) is 0 Å². The molecule has 4 nitrogen and oxygen atoms in total. The summed E-state index contributed by atoms with van der Waals surface area (Å²) in [5.41, 5.74) is 2.34. The number of aromatic nitrogens is 2. The van der Waals surface area contributed by atoms with E-state index < -0.39 is 10.0 Å². The predicted molar refractivity (Wildman–Crippen MR) is 87.5 cm³/mol. The van der Waals surface area contributed by atoms with Gasteiger partial charge in [0.25, 0.3) is 10.0 Å². The van der Waals surface area contributed by atoms with Crippen molar-refractivity contribution < 1.29 is 8.42 Å². The van der Waals surface area contributed by atoms with Crippen LogP contribution in [0.2, 0.25) is 0 Å². The molecule has 0 N–H and O–H groups in total. The lowest BCUT2D eigenvalue weighted by molar-refractivity contribution is 0.583. The Morgan fingerprint density at radius 1 is 0.955 bits per heavy atom. The van der Waals surface area contributed by atoms with Crippen molar-refractivity contribution in [1.82, 2.24) is 8.96 Å². The Morgan fingerprint density at radius 3 is 2.23 bits per heavy atom. The second-order valence-corrected chi connectivity index (χ2v) is 8.12. The standard InChI is InChI=1S/C17H18N2O2S/c1-17(2,3)13-8-10-14(11-9-13)22(20,21)19-12-18-15-6-4-5-7-16(15)19/h4-12H,1-3H3. The lowest BCUT2D eigenvalue weighted by atomic mass is 9.87. The average molecular weight is 314 g/mol. The number of benzene rings is 2. The Bertz CT molecular complexity index is 917. The highest BCUT2D eigenvalue weighted by Gasteiger charge is 2.21. The Morgan fingerprint density at radius 2 is 1.59 bits per heavy atom. The van der Waals surface area contributed by atoms with E-state index in [9.17, 15) is 8.42 Å². The van der Waals surface area contributed by atoms with Crippen molar-refractivity contribution in [3.63, 3.8) is 0 Å². The molecule has 1 aromatic heterocycles. The highest BCUT2D eigenvalue weighted by molar-refractivity contribution is 7.90. The van der Waals surface area contributed by atoms with Gasteiger partial charge in [-0.2, -0.15) is 0 Å². The maximum absolute atomic E-state index is 12.8. The Kier molecular flexibility index (Phi) is 3.33. The van der Waals surface area contributed by atoms with Gasteiger partial charge in [-0.15, -0.1) is 0 Å². The highest BCUT2D eigenvalue weighted by Crippen LogP contribution is 2.25. The first-order chi connectivity index (χ1) is 10.3. The molecule has 0 unspecified atom stereocenters. The van der Waals surface area contributed by atoms with Crippen LogP contribution >= 0.6 is 0 Å². The van der Waals surface area contributed by atoms with Gasteiger partial charge in [-0.1, -0.05) is 45.0 Å². The molecule has 0 saturated heterocycles. The number of rotatable bonds is 2. The molecule has 1 heterocycles. The zero-order valence-corrected chi connectivity index (χ0v) is 13.6. The molecule has 0 amide bonds. The molecule has 0 aliphatic heterocycles. The van der Waals surface area contributed by atoms with Gasteiger partial charge in [-0.3, -0.25) is 0 Å². The van der Waals surface area contributed by atoms with E-state index in [-0.39, 0.29) is 10.3 Å². The first-order valence-corrected chi connectivity index (χ1v) is 8.52. The monoisotopic (exact) mass is 314 g/mol. The molecule has 0 aliphatic carbocycles. The van der Waals surface area contributed by atoms with Gasteiger partial charge in [0.1, 0.15) is 6.33 Å². The first-order valence-electron chi connectivity index (χ1n) is 7.08. The SMILES string of the molecule is CC(C)(C)c1ccc(S(=O)(=O)n2cnc3ccccc32)cc1. The van der Waals surface area contributed by atoms with Crippen molar-refractivity contribution in [2.75, 3.05) is 0 Å². The van der Waals surface area contributed by atoms with Crippen molar-refractivity contribution in [3.05, 3.63) is 60.4 Å². The zero-order chi connectivity index (χ0) is 16.0. The Hall–Kier alpha value is -2.14. The smallest absolute Gasteiger partial charge is 0.236 e. The third-order valence-corrected chi connectivity index (χ3v) is 5.37. The van der Waals surface area contributed by atoms with E-state index in [1.165, 1.54) is 10.3 Å².